The number of ether oxygens (including phenoxy) is 2. The zero-order valence-corrected chi connectivity index (χ0v) is 15.4. The number of carbonyl (C=O) groups is 1. The molecule has 5 heteroatoms. The van der Waals surface area contributed by atoms with Crippen LogP contribution in [-0.2, 0) is 9.53 Å². The Hall–Kier alpha value is -1.59. The summed E-state index contributed by atoms with van der Waals surface area (Å²) in [6.45, 7) is 8.24. The minimum atomic E-state index is 0.00636. The van der Waals surface area contributed by atoms with Gasteiger partial charge in [0.25, 0.3) is 0 Å². The molecule has 1 atom stereocenters. The van der Waals surface area contributed by atoms with Gasteiger partial charge in [-0.15, -0.1) is 0 Å². The largest absolute Gasteiger partial charge is 0.493 e. The van der Waals surface area contributed by atoms with Crippen molar-refractivity contribution < 1.29 is 14.3 Å². The fourth-order valence-corrected chi connectivity index (χ4v) is 3.20. The first-order valence-corrected chi connectivity index (χ1v) is 9.37. The van der Waals surface area contributed by atoms with E-state index in [0.29, 0.717) is 32.2 Å². The molecule has 2 fully saturated rings. The molecule has 1 aromatic rings. The lowest BCUT2D eigenvalue weighted by atomic mass is 10.1. The first kappa shape index (κ1) is 18.2. The summed E-state index contributed by atoms with van der Waals surface area (Å²) in [6, 6.07) is 10.4. The number of para-hydroxylation sites is 1. The van der Waals surface area contributed by atoms with Gasteiger partial charge < -0.3 is 14.8 Å². The van der Waals surface area contributed by atoms with Crippen molar-refractivity contribution in [1.29, 1.82) is 0 Å². The molecular weight excluding hydrogens is 316 g/mol. The molecule has 1 saturated heterocycles. The summed E-state index contributed by atoms with van der Waals surface area (Å²) in [7, 11) is 0. The molecule has 1 aliphatic carbocycles. The summed E-state index contributed by atoms with van der Waals surface area (Å²) in [4.78, 5) is 14.7. The van der Waals surface area contributed by atoms with Gasteiger partial charge in [-0.1, -0.05) is 18.2 Å². The van der Waals surface area contributed by atoms with Crippen molar-refractivity contribution in [2.24, 2.45) is 5.41 Å². The predicted octanol–water partition coefficient (Wildman–Crippen LogP) is 2.46. The molecular formula is C20H30N2O3. The van der Waals surface area contributed by atoms with Crippen molar-refractivity contribution in [1.82, 2.24) is 10.2 Å². The standard InChI is InChI=1S/C20H30N2O3/c1-16(2)22-10-11-24-18(13-22)12-19(23)21-14-20(8-9-20)15-25-17-6-4-3-5-7-17/h3-7,16,18H,8-15H2,1-2H3,(H,21,23)/t18-/m0/s1. The van der Waals surface area contributed by atoms with Crippen LogP contribution in [0.2, 0.25) is 0 Å². The van der Waals surface area contributed by atoms with E-state index in [0.717, 1.165) is 31.7 Å². The number of carbonyl (C=O) groups excluding carboxylic acids is 1. The summed E-state index contributed by atoms with van der Waals surface area (Å²) in [5.74, 6) is 0.978. The fourth-order valence-electron chi connectivity index (χ4n) is 3.20. The van der Waals surface area contributed by atoms with Crippen LogP contribution in [-0.4, -0.2) is 55.8 Å². The van der Waals surface area contributed by atoms with Gasteiger partial charge in [0.2, 0.25) is 5.91 Å². The quantitative estimate of drug-likeness (QED) is 0.786. The van der Waals surface area contributed by atoms with Gasteiger partial charge in [-0.3, -0.25) is 9.69 Å². The summed E-state index contributed by atoms with van der Waals surface area (Å²) in [6.07, 6.45) is 2.67. The monoisotopic (exact) mass is 346 g/mol. The lowest BCUT2D eigenvalue weighted by molar-refractivity contribution is -0.126. The molecule has 0 radical (unpaired) electrons. The van der Waals surface area contributed by atoms with E-state index in [1.165, 1.54) is 0 Å². The minimum absolute atomic E-state index is 0.00636. The number of amides is 1. The smallest absolute Gasteiger partial charge is 0.222 e. The van der Waals surface area contributed by atoms with Gasteiger partial charge in [-0.2, -0.15) is 0 Å². The number of nitrogens with one attached hydrogen (secondary N) is 1. The second kappa shape index (κ2) is 8.19. The van der Waals surface area contributed by atoms with E-state index in [4.69, 9.17) is 9.47 Å². The Morgan fingerprint density at radius 1 is 1.36 bits per heavy atom. The maximum Gasteiger partial charge on any atom is 0.222 e. The molecule has 1 heterocycles. The first-order chi connectivity index (χ1) is 12.1. The highest BCUT2D eigenvalue weighted by molar-refractivity contribution is 5.76. The molecule has 1 amide bonds. The van der Waals surface area contributed by atoms with E-state index in [1.807, 2.05) is 30.3 Å². The number of rotatable bonds is 8. The number of nitrogens with zero attached hydrogens (tertiary/aromatic N) is 1. The highest BCUT2D eigenvalue weighted by Crippen LogP contribution is 2.45. The average Bonchev–Trinajstić information content (AvgIpc) is 3.40. The molecule has 138 valence electrons. The van der Waals surface area contributed by atoms with Gasteiger partial charge in [-0.05, 0) is 38.8 Å². The Kier molecular flexibility index (Phi) is 5.97. The summed E-state index contributed by atoms with van der Waals surface area (Å²) in [5, 5.41) is 3.10. The third kappa shape index (κ3) is 5.44. The van der Waals surface area contributed by atoms with Crippen LogP contribution in [0.3, 0.4) is 0 Å². The Labute approximate surface area is 150 Å². The van der Waals surface area contributed by atoms with E-state index >= 15 is 0 Å². The lowest BCUT2D eigenvalue weighted by Gasteiger charge is -2.35. The van der Waals surface area contributed by atoms with Crippen LogP contribution in [0.15, 0.2) is 30.3 Å². The van der Waals surface area contributed by atoms with Gasteiger partial charge >= 0.3 is 0 Å². The van der Waals surface area contributed by atoms with Crippen molar-refractivity contribution in [3.8, 4) is 5.75 Å². The Balaban J connectivity index is 1.38. The molecule has 1 aliphatic heterocycles. The summed E-state index contributed by atoms with van der Waals surface area (Å²) < 4.78 is 11.6. The maximum atomic E-state index is 12.3. The summed E-state index contributed by atoms with van der Waals surface area (Å²) in [5.41, 5.74) is 0.114. The molecule has 2 aliphatic rings. The van der Waals surface area contributed by atoms with Crippen LogP contribution in [0, 0.1) is 5.41 Å². The number of hydrogen-bond acceptors (Lipinski definition) is 4. The van der Waals surface area contributed by atoms with E-state index in [2.05, 4.69) is 24.1 Å². The van der Waals surface area contributed by atoms with Crippen LogP contribution in [0.1, 0.15) is 33.1 Å². The Morgan fingerprint density at radius 3 is 2.80 bits per heavy atom. The van der Waals surface area contributed by atoms with Crippen molar-refractivity contribution >= 4 is 5.91 Å². The fraction of sp³-hybridized carbons (Fsp3) is 0.650. The second-order valence-corrected chi connectivity index (χ2v) is 7.66. The molecule has 0 spiro atoms. The molecule has 3 rings (SSSR count). The summed E-state index contributed by atoms with van der Waals surface area (Å²) >= 11 is 0. The molecule has 0 unspecified atom stereocenters. The molecule has 0 bridgehead atoms. The molecule has 5 nitrogen and oxygen atoms in total. The topological polar surface area (TPSA) is 50.8 Å². The van der Waals surface area contributed by atoms with Crippen molar-refractivity contribution in [2.75, 3.05) is 32.8 Å². The van der Waals surface area contributed by atoms with Crippen LogP contribution in [0.4, 0.5) is 0 Å². The van der Waals surface area contributed by atoms with Crippen molar-refractivity contribution in [3.63, 3.8) is 0 Å². The predicted molar refractivity (Wildman–Crippen MR) is 97.7 cm³/mol. The lowest BCUT2D eigenvalue weighted by Crippen LogP contribution is -2.47. The molecule has 1 N–H and O–H groups in total. The Bertz CT molecular complexity index is 557. The highest BCUT2D eigenvalue weighted by Gasteiger charge is 2.43. The van der Waals surface area contributed by atoms with Gasteiger partial charge in [0, 0.05) is 31.1 Å². The number of morpholine rings is 1. The van der Waals surface area contributed by atoms with E-state index in [9.17, 15) is 4.79 Å². The SMILES string of the molecule is CC(C)N1CCO[C@@H](CC(=O)NCC2(COc3ccccc3)CC2)C1. The van der Waals surface area contributed by atoms with Crippen LogP contribution in [0.25, 0.3) is 0 Å². The number of benzene rings is 1. The van der Waals surface area contributed by atoms with Crippen LogP contribution in [0.5, 0.6) is 5.75 Å². The van der Waals surface area contributed by atoms with Crippen LogP contribution >= 0.6 is 0 Å². The van der Waals surface area contributed by atoms with Gasteiger partial charge in [0.15, 0.2) is 0 Å². The van der Waals surface area contributed by atoms with Gasteiger partial charge in [0.05, 0.1) is 25.7 Å². The number of hydrogen-bond donors (Lipinski definition) is 1. The Morgan fingerprint density at radius 2 is 2.12 bits per heavy atom. The van der Waals surface area contributed by atoms with Gasteiger partial charge in [-0.25, -0.2) is 0 Å². The third-order valence-corrected chi connectivity index (χ3v) is 5.22. The molecule has 0 aromatic heterocycles. The zero-order valence-electron chi connectivity index (χ0n) is 15.4. The minimum Gasteiger partial charge on any atom is -0.493 e. The van der Waals surface area contributed by atoms with E-state index < -0.39 is 0 Å². The molecule has 25 heavy (non-hydrogen) atoms. The molecule has 1 saturated carbocycles. The zero-order chi connectivity index (χ0) is 17.7. The third-order valence-electron chi connectivity index (χ3n) is 5.22. The highest BCUT2D eigenvalue weighted by atomic mass is 16.5. The average molecular weight is 346 g/mol. The van der Waals surface area contributed by atoms with Crippen LogP contribution < -0.4 is 10.1 Å². The normalized spacial score (nSPS) is 22.6. The maximum absolute atomic E-state index is 12.3. The van der Waals surface area contributed by atoms with Crippen molar-refractivity contribution in [3.05, 3.63) is 30.3 Å². The van der Waals surface area contributed by atoms with Crippen molar-refractivity contribution in [2.45, 2.75) is 45.3 Å². The first-order valence-electron chi connectivity index (χ1n) is 9.37. The van der Waals surface area contributed by atoms with E-state index in [-0.39, 0.29) is 17.4 Å². The van der Waals surface area contributed by atoms with E-state index in [1.54, 1.807) is 0 Å². The molecule has 1 aromatic carbocycles. The van der Waals surface area contributed by atoms with Gasteiger partial charge in [0.1, 0.15) is 5.75 Å². The second-order valence-electron chi connectivity index (χ2n) is 7.66.